The van der Waals surface area contributed by atoms with Gasteiger partial charge in [-0.3, -0.25) is 0 Å². The summed E-state index contributed by atoms with van der Waals surface area (Å²) >= 11 is 0. The minimum Gasteiger partial charge on any atom is -0.311 e. The molecule has 0 aromatic rings. The Labute approximate surface area is 100 Å². The maximum absolute atomic E-state index is 3.90. The van der Waals surface area contributed by atoms with Gasteiger partial charge in [-0.1, -0.05) is 18.6 Å². The molecule has 2 rings (SSSR count). The van der Waals surface area contributed by atoms with Crippen molar-refractivity contribution in [1.29, 1.82) is 0 Å². The predicted octanol–water partition coefficient (Wildman–Crippen LogP) is 3.68. The lowest BCUT2D eigenvalue weighted by Gasteiger charge is -2.44. The van der Waals surface area contributed by atoms with Crippen LogP contribution in [0.15, 0.2) is 25.3 Å². The number of rotatable bonds is 4. The molecule has 0 bridgehead atoms. The van der Waals surface area contributed by atoms with Gasteiger partial charge in [-0.25, -0.2) is 0 Å². The monoisotopic (exact) mass is 219 g/mol. The van der Waals surface area contributed by atoms with E-state index >= 15 is 0 Å². The standard InChI is InChI=1S/C15H25N/c1-3-6-12-8-5-9-15-14(12)11-10-13(16-15)7-4-2/h3-4,12-16H,1-2,5-11H2/t12-,13+,14-,15-/m0/s1. The summed E-state index contributed by atoms with van der Waals surface area (Å²) in [5.74, 6) is 1.81. The first kappa shape index (κ1) is 11.9. The van der Waals surface area contributed by atoms with E-state index in [0.29, 0.717) is 6.04 Å². The van der Waals surface area contributed by atoms with Crippen molar-refractivity contribution in [2.45, 2.75) is 57.0 Å². The Balaban J connectivity index is 1.93. The molecule has 0 unspecified atom stereocenters. The van der Waals surface area contributed by atoms with Gasteiger partial charge in [0.1, 0.15) is 0 Å². The minimum atomic E-state index is 0.696. The highest BCUT2D eigenvalue weighted by Gasteiger charge is 2.36. The molecule has 1 nitrogen and oxygen atoms in total. The van der Waals surface area contributed by atoms with Crippen molar-refractivity contribution in [2.75, 3.05) is 0 Å². The quantitative estimate of drug-likeness (QED) is 0.711. The zero-order chi connectivity index (χ0) is 11.4. The Morgan fingerprint density at radius 1 is 1.00 bits per heavy atom. The van der Waals surface area contributed by atoms with Gasteiger partial charge in [-0.2, -0.15) is 0 Å². The van der Waals surface area contributed by atoms with Crippen LogP contribution in [-0.4, -0.2) is 12.1 Å². The molecular formula is C15H25N. The zero-order valence-corrected chi connectivity index (χ0v) is 10.3. The Morgan fingerprint density at radius 3 is 2.56 bits per heavy atom. The number of allylic oxidation sites excluding steroid dienone is 1. The summed E-state index contributed by atoms with van der Waals surface area (Å²) in [7, 11) is 0. The van der Waals surface area contributed by atoms with Gasteiger partial charge in [0.05, 0.1) is 0 Å². The fraction of sp³-hybridized carbons (Fsp3) is 0.733. The lowest BCUT2D eigenvalue weighted by atomic mass is 9.69. The van der Waals surface area contributed by atoms with Crippen molar-refractivity contribution in [1.82, 2.24) is 5.32 Å². The highest BCUT2D eigenvalue weighted by Crippen LogP contribution is 2.39. The molecule has 1 aliphatic carbocycles. The van der Waals surface area contributed by atoms with Crippen molar-refractivity contribution < 1.29 is 0 Å². The van der Waals surface area contributed by atoms with E-state index < -0.39 is 0 Å². The zero-order valence-electron chi connectivity index (χ0n) is 10.3. The van der Waals surface area contributed by atoms with Crippen molar-refractivity contribution in [3.05, 3.63) is 25.3 Å². The van der Waals surface area contributed by atoms with Crippen LogP contribution < -0.4 is 5.32 Å². The Hall–Kier alpha value is -0.560. The fourth-order valence-electron chi connectivity index (χ4n) is 3.67. The summed E-state index contributed by atoms with van der Waals surface area (Å²) in [5.41, 5.74) is 0. The van der Waals surface area contributed by atoms with Crippen LogP contribution in [0.4, 0.5) is 0 Å². The smallest absolute Gasteiger partial charge is 0.0104 e. The average molecular weight is 219 g/mol. The van der Waals surface area contributed by atoms with Gasteiger partial charge in [0.25, 0.3) is 0 Å². The molecule has 0 aromatic carbocycles. The fourth-order valence-corrected chi connectivity index (χ4v) is 3.67. The molecular weight excluding hydrogens is 194 g/mol. The largest absolute Gasteiger partial charge is 0.311 e. The molecule has 0 spiro atoms. The molecule has 1 aliphatic heterocycles. The van der Waals surface area contributed by atoms with Crippen LogP contribution in [-0.2, 0) is 0 Å². The summed E-state index contributed by atoms with van der Waals surface area (Å²) in [5, 5.41) is 3.84. The first-order valence-corrected chi connectivity index (χ1v) is 6.83. The molecule has 0 radical (unpaired) electrons. The Morgan fingerprint density at radius 2 is 1.81 bits per heavy atom. The van der Waals surface area contributed by atoms with E-state index in [9.17, 15) is 0 Å². The van der Waals surface area contributed by atoms with Crippen LogP contribution in [0, 0.1) is 11.8 Å². The number of nitrogens with one attached hydrogen (secondary N) is 1. The highest BCUT2D eigenvalue weighted by molar-refractivity contribution is 4.96. The lowest BCUT2D eigenvalue weighted by molar-refractivity contribution is 0.117. The van der Waals surface area contributed by atoms with Crippen LogP contribution >= 0.6 is 0 Å². The summed E-state index contributed by atoms with van der Waals surface area (Å²) < 4.78 is 0. The number of piperidine rings is 1. The maximum Gasteiger partial charge on any atom is 0.0104 e. The first-order valence-electron chi connectivity index (χ1n) is 6.83. The molecule has 0 aromatic heterocycles. The molecule has 0 amide bonds. The maximum atomic E-state index is 3.90. The normalized spacial score (nSPS) is 38.8. The second-order valence-corrected chi connectivity index (χ2v) is 5.45. The minimum absolute atomic E-state index is 0.696. The van der Waals surface area contributed by atoms with Gasteiger partial charge < -0.3 is 5.32 Å². The first-order chi connectivity index (χ1) is 7.85. The highest BCUT2D eigenvalue weighted by atomic mass is 15.0. The summed E-state index contributed by atoms with van der Waals surface area (Å²) in [4.78, 5) is 0. The summed E-state index contributed by atoms with van der Waals surface area (Å²) in [6.07, 6.45) is 13.5. The molecule has 2 fully saturated rings. The number of hydrogen-bond donors (Lipinski definition) is 1. The summed E-state index contributed by atoms with van der Waals surface area (Å²) in [6, 6.07) is 1.47. The Kier molecular flexibility index (Phi) is 4.22. The SMILES string of the molecule is C=CC[C@@H]1CC[C@H]2[C@@H](CC=C)CCC[C@@H]2N1. The predicted molar refractivity (Wildman–Crippen MR) is 70.4 cm³/mol. The van der Waals surface area contributed by atoms with Crippen LogP contribution in [0.25, 0.3) is 0 Å². The third-order valence-electron chi connectivity index (χ3n) is 4.43. The van der Waals surface area contributed by atoms with E-state index in [1.165, 1.54) is 38.5 Å². The second kappa shape index (κ2) is 5.67. The van der Waals surface area contributed by atoms with Crippen LogP contribution in [0.2, 0.25) is 0 Å². The third kappa shape index (κ3) is 2.57. The molecule has 1 saturated heterocycles. The van der Waals surface area contributed by atoms with Crippen LogP contribution in [0.1, 0.15) is 44.9 Å². The molecule has 1 heteroatoms. The van der Waals surface area contributed by atoms with Gasteiger partial charge in [0.2, 0.25) is 0 Å². The van der Waals surface area contributed by atoms with Gasteiger partial charge in [-0.05, 0) is 50.4 Å². The van der Waals surface area contributed by atoms with Crippen LogP contribution in [0.3, 0.4) is 0 Å². The number of fused-ring (bicyclic) bond motifs is 1. The van der Waals surface area contributed by atoms with Gasteiger partial charge in [-0.15, -0.1) is 13.2 Å². The average Bonchev–Trinajstić information content (AvgIpc) is 2.30. The second-order valence-electron chi connectivity index (χ2n) is 5.45. The topological polar surface area (TPSA) is 12.0 Å². The van der Waals surface area contributed by atoms with Crippen molar-refractivity contribution >= 4 is 0 Å². The molecule has 1 saturated carbocycles. The van der Waals surface area contributed by atoms with Gasteiger partial charge in [0.15, 0.2) is 0 Å². The molecule has 1 N–H and O–H groups in total. The van der Waals surface area contributed by atoms with Crippen LogP contribution in [0.5, 0.6) is 0 Å². The van der Waals surface area contributed by atoms with E-state index in [1.54, 1.807) is 0 Å². The molecule has 2 aliphatic rings. The third-order valence-corrected chi connectivity index (χ3v) is 4.43. The molecule has 4 atom stereocenters. The summed E-state index contributed by atoms with van der Waals surface area (Å²) in [6.45, 7) is 7.75. The van der Waals surface area contributed by atoms with Gasteiger partial charge >= 0.3 is 0 Å². The molecule has 16 heavy (non-hydrogen) atoms. The van der Waals surface area contributed by atoms with E-state index in [0.717, 1.165) is 24.3 Å². The van der Waals surface area contributed by atoms with E-state index in [4.69, 9.17) is 0 Å². The molecule has 1 heterocycles. The van der Waals surface area contributed by atoms with E-state index in [2.05, 4.69) is 30.6 Å². The van der Waals surface area contributed by atoms with E-state index in [-0.39, 0.29) is 0 Å². The van der Waals surface area contributed by atoms with Crippen molar-refractivity contribution in [3.8, 4) is 0 Å². The molecule has 90 valence electrons. The lowest BCUT2D eigenvalue weighted by Crippen LogP contribution is -2.51. The number of hydrogen-bond acceptors (Lipinski definition) is 1. The van der Waals surface area contributed by atoms with Gasteiger partial charge in [0, 0.05) is 12.1 Å². The van der Waals surface area contributed by atoms with E-state index in [1.807, 2.05) is 0 Å². The Bertz CT molecular complexity index is 246. The van der Waals surface area contributed by atoms with Crippen molar-refractivity contribution in [2.24, 2.45) is 11.8 Å². The van der Waals surface area contributed by atoms with Crippen molar-refractivity contribution in [3.63, 3.8) is 0 Å².